The van der Waals surface area contributed by atoms with Gasteiger partial charge in [-0.1, -0.05) is 13.0 Å². The molecule has 1 rings (SSSR count). The number of hydrogen-bond donors (Lipinski definition) is 1. The van der Waals surface area contributed by atoms with Crippen molar-refractivity contribution in [1.82, 2.24) is 0 Å². The fourth-order valence-electron chi connectivity index (χ4n) is 1.55. The van der Waals surface area contributed by atoms with E-state index in [0.29, 0.717) is 5.92 Å². The lowest BCUT2D eigenvalue weighted by Crippen LogP contribution is -2.25. The Balaban J connectivity index is 2.87. The molecule has 0 aliphatic heterocycles. The van der Waals surface area contributed by atoms with Gasteiger partial charge in [-0.15, -0.1) is 0 Å². The molecule has 2 atom stereocenters. The molecular formula is C13H21NO2. The second-order valence-electron chi connectivity index (χ2n) is 4.22. The predicted octanol–water partition coefficient (Wildman–Crippen LogP) is 2.23. The average Bonchev–Trinajstić information content (AvgIpc) is 2.29. The van der Waals surface area contributed by atoms with Crippen molar-refractivity contribution < 1.29 is 9.47 Å². The van der Waals surface area contributed by atoms with Gasteiger partial charge >= 0.3 is 0 Å². The number of rotatable bonds is 5. The molecule has 3 nitrogen and oxygen atoms in total. The van der Waals surface area contributed by atoms with Gasteiger partial charge in [0.05, 0.1) is 14.2 Å². The molecule has 0 aliphatic carbocycles. The number of ether oxygens (including phenoxy) is 2. The van der Waals surface area contributed by atoms with Gasteiger partial charge in [0.15, 0.2) is 0 Å². The van der Waals surface area contributed by atoms with Crippen LogP contribution in [0.5, 0.6) is 11.5 Å². The lowest BCUT2D eigenvalue weighted by Gasteiger charge is -2.17. The summed E-state index contributed by atoms with van der Waals surface area (Å²) in [6, 6.07) is 6.08. The number of hydrogen-bond acceptors (Lipinski definition) is 3. The molecular weight excluding hydrogens is 202 g/mol. The van der Waals surface area contributed by atoms with E-state index in [4.69, 9.17) is 15.2 Å². The van der Waals surface area contributed by atoms with E-state index in [-0.39, 0.29) is 6.04 Å². The van der Waals surface area contributed by atoms with Crippen LogP contribution in [-0.4, -0.2) is 20.3 Å². The molecule has 0 heterocycles. The predicted molar refractivity (Wildman–Crippen MR) is 66.1 cm³/mol. The quantitative estimate of drug-likeness (QED) is 0.832. The van der Waals surface area contributed by atoms with Crippen molar-refractivity contribution in [2.24, 2.45) is 11.7 Å². The summed E-state index contributed by atoms with van der Waals surface area (Å²) in [4.78, 5) is 0. The van der Waals surface area contributed by atoms with E-state index in [1.807, 2.05) is 25.1 Å². The van der Waals surface area contributed by atoms with Crippen molar-refractivity contribution in [1.29, 1.82) is 0 Å². The molecule has 0 saturated carbocycles. The van der Waals surface area contributed by atoms with Crippen molar-refractivity contribution in [3.8, 4) is 11.5 Å². The highest BCUT2D eigenvalue weighted by Crippen LogP contribution is 2.27. The number of methoxy groups -OCH3 is 2. The van der Waals surface area contributed by atoms with E-state index in [1.165, 1.54) is 5.56 Å². The van der Waals surface area contributed by atoms with Crippen molar-refractivity contribution in [3.63, 3.8) is 0 Å². The Labute approximate surface area is 97.6 Å². The molecule has 1 aromatic rings. The zero-order chi connectivity index (χ0) is 12.1. The topological polar surface area (TPSA) is 44.5 Å². The third-order valence-electron chi connectivity index (χ3n) is 2.93. The molecule has 0 amide bonds. The fourth-order valence-corrected chi connectivity index (χ4v) is 1.55. The number of benzene rings is 1. The zero-order valence-electron chi connectivity index (χ0n) is 10.5. The van der Waals surface area contributed by atoms with Crippen molar-refractivity contribution >= 4 is 0 Å². The molecule has 90 valence electrons. The van der Waals surface area contributed by atoms with Gasteiger partial charge in [0, 0.05) is 12.1 Å². The molecule has 1 aromatic carbocycles. The van der Waals surface area contributed by atoms with Gasteiger partial charge in [-0.2, -0.15) is 0 Å². The highest BCUT2D eigenvalue weighted by atomic mass is 16.5. The summed E-state index contributed by atoms with van der Waals surface area (Å²) in [7, 11) is 3.33. The molecule has 16 heavy (non-hydrogen) atoms. The van der Waals surface area contributed by atoms with Gasteiger partial charge in [-0.05, 0) is 30.9 Å². The Morgan fingerprint density at radius 2 is 1.88 bits per heavy atom. The van der Waals surface area contributed by atoms with Crippen LogP contribution in [0.15, 0.2) is 18.2 Å². The summed E-state index contributed by atoms with van der Waals surface area (Å²) < 4.78 is 10.5. The van der Waals surface area contributed by atoms with Crippen LogP contribution in [0.25, 0.3) is 0 Å². The minimum atomic E-state index is 0.187. The minimum absolute atomic E-state index is 0.187. The molecule has 0 aliphatic rings. The zero-order valence-corrected chi connectivity index (χ0v) is 10.5. The van der Waals surface area contributed by atoms with Gasteiger partial charge in [0.2, 0.25) is 0 Å². The fraction of sp³-hybridized carbons (Fsp3) is 0.538. The Kier molecular flexibility index (Phi) is 4.62. The summed E-state index contributed by atoms with van der Waals surface area (Å²) in [5, 5.41) is 0. The van der Waals surface area contributed by atoms with Crippen LogP contribution in [0.3, 0.4) is 0 Å². The molecule has 0 aromatic heterocycles. The van der Waals surface area contributed by atoms with Crippen LogP contribution >= 0.6 is 0 Å². The van der Waals surface area contributed by atoms with E-state index in [9.17, 15) is 0 Å². The van der Waals surface area contributed by atoms with Crippen molar-refractivity contribution in [2.45, 2.75) is 26.3 Å². The highest BCUT2D eigenvalue weighted by Gasteiger charge is 2.12. The maximum absolute atomic E-state index is 5.87. The van der Waals surface area contributed by atoms with Crippen LogP contribution in [0.2, 0.25) is 0 Å². The molecule has 3 heteroatoms. The normalized spacial score (nSPS) is 14.3. The first-order valence-electron chi connectivity index (χ1n) is 5.55. The second kappa shape index (κ2) is 5.75. The van der Waals surface area contributed by atoms with E-state index in [0.717, 1.165) is 17.9 Å². The van der Waals surface area contributed by atoms with Gasteiger partial charge in [-0.3, -0.25) is 0 Å². The second-order valence-corrected chi connectivity index (χ2v) is 4.22. The Morgan fingerprint density at radius 1 is 1.19 bits per heavy atom. The minimum Gasteiger partial charge on any atom is -0.497 e. The van der Waals surface area contributed by atoms with Gasteiger partial charge < -0.3 is 15.2 Å². The van der Waals surface area contributed by atoms with E-state index in [1.54, 1.807) is 14.2 Å². The monoisotopic (exact) mass is 223 g/mol. The summed E-state index contributed by atoms with van der Waals surface area (Å²) in [5.41, 5.74) is 7.04. The summed E-state index contributed by atoms with van der Waals surface area (Å²) in [6.45, 7) is 4.18. The first-order chi connectivity index (χ1) is 7.58. The van der Waals surface area contributed by atoms with Gasteiger partial charge in [-0.25, -0.2) is 0 Å². The summed E-state index contributed by atoms with van der Waals surface area (Å²) in [5.74, 6) is 2.11. The summed E-state index contributed by atoms with van der Waals surface area (Å²) >= 11 is 0. The van der Waals surface area contributed by atoms with Crippen molar-refractivity contribution in [3.05, 3.63) is 23.8 Å². The Morgan fingerprint density at radius 3 is 2.38 bits per heavy atom. The molecule has 0 fully saturated rings. The van der Waals surface area contributed by atoms with Gasteiger partial charge in [0.1, 0.15) is 11.5 Å². The smallest absolute Gasteiger partial charge is 0.125 e. The lowest BCUT2D eigenvalue weighted by atomic mass is 9.95. The lowest BCUT2D eigenvalue weighted by molar-refractivity contribution is 0.386. The third kappa shape index (κ3) is 3.14. The Hall–Kier alpha value is -1.22. The Bertz CT molecular complexity index is 337. The largest absolute Gasteiger partial charge is 0.497 e. The molecule has 0 bridgehead atoms. The van der Waals surface area contributed by atoms with Crippen molar-refractivity contribution in [2.75, 3.05) is 14.2 Å². The van der Waals surface area contributed by atoms with E-state index < -0.39 is 0 Å². The highest BCUT2D eigenvalue weighted by molar-refractivity contribution is 5.41. The average molecular weight is 223 g/mol. The van der Waals surface area contributed by atoms with Crippen LogP contribution in [0.1, 0.15) is 19.4 Å². The third-order valence-corrected chi connectivity index (χ3v) is 2.93. The van der Waals surface area contributed by atoms with Crippen LogP contribution < -0.4 is 15.2 Å². The van der Waals surface area contributed by atoms with E-state index >= 15 is 0 Å². The molecule has 2 N–H and O–H groups in total. The molecule has 0 saturated heterocycles. The number of nitrogens with two attached hydrogens (primary N) is 1. The molecule has 0 radical (unpaired) electrons. The summed E-state index contributed by atoms with van der Waals surface area (Å²) in [6.07, 6.45) is 0.921. The SMILES string of the molecule is COc1ccc(CC(C)C(C)N)c(OC)c1. The molecule has 0 spiro atoms. The van der Waals surface area contributed by atoms with Crippen LogP contribution in [0, 0.1) is 5.92 Å². The first kappa shape index (κ1) is 12.8. The van der Waals surface area contributed by atoms with Crippen LogP contribution in [0.4, 0.5) is 0 Å². The van der Waals surface area contributed by atoms with Crippen LogP contribution in [-0.2, 0) is 6.42 Å². The maximum Gasteiger partial charge on any atom is 0.125 e. The van der Waals surface area contributed by atoms with Gasteiger partial charge in [0.25, 0.3) is 0 Å². The maximum atomic E-state index is 5.87. The standard InChI is InChI=1S/C13H21NO2/c1-9(10(2)14)7-11-5-6-12(15-3)8-13(11)16-4/h5-6,8-10H,7,14H2,1-4H3. The first-order valence-corrected chi connectivity index (χ1v) is 5.55. The van der Waals surface area contributed by atoms with E-state index in [2.05, 4.69) is 6.92 Å². The molecule has 2 unspecified atom stereocenters.